The van der Waals surface area contributed by atoms with Crippen molar-refractivity contribution in [2.75, 3.05) is 5.75 Å². The van der Waals surface area contributed by atoms with Gasteiger partial charge in [-0.1, -0.05) is 72.4 Å². The highest BCUT2D eigenvalue weighted by atomic mass is 32.2. The van der Waals surface area contributed by atoms with Crippen LogP contribution < -0.4 is 0 Å². The van der Waals surface area contributed by atoms with Crippen LogP contribution in [0.3, 0.4) is 0 Å². The standard InChI is InChI=1S/C19H15N3O2S/c23-17(16-9-5-2-6-10-16)13-25-19-20-14-21-22(19)18(24)12-11-15-7-3-1-4-8-15/h1-12,14H,13H2. The lowest BCUT2D eigenvalue weighted by atomic mass is 10.2. The predicted molar refractivity (Wildman–Crippen MR) is 97.6 cm³/mol. The SMILES string of the molecule is O=C(CSc1ncnn1C(=O)C=Cc1ccccc1)c1ccccc1. The molecule has 0 aliphatic heterocycles. The van der Waals surface area contributed by atoms with Crippen LogP contribution in [0, 0.1) is 0 Å². The number of carbonyl (C=O) groups excluding carboxylic acids is 2. The highest BCUT2D eigenvalue weighted by Gasteiger charge is 2.13. The molecule has 3 aromatic rings. The van der Waals surface area contributed by atoms with Crippen molar-refractivity contribution in [3.63, 3.8) is 0 Å². The Morgan fingerprint density at radius 2 is 1.68 bits per heavy atom. The summed E-state index contributed by atoms with van der Waals surface area (Å²) in [6.45, 7) is 0. The molecule has 3 rings (SSSR count). The normalized spacial score (nSPS) is 10.9. The highest BCUT2D eigenvalue weighted by Crippen LogP contribution is 2.16. The summed E-state index contributed by atoms with van der Waals surface area (Å²) in [4.78, 5) is 28.5. The van der Waals surface area contributed by atoms with E-state index in [1.165, 1.54) is 28.8 Å². The van der Waals surface area contributed by atoms with Gasteiger partial charge in [-0.05, 0) is 11.6 Å². The van der Waals surface area contributed by atoms with Crippen molar-refractivity contribution in [1.29, 1.82) is 0 Å². The smallest absolute Gasteiger partial charge is 0.273 e. The van der Waals surface area contributed by atoms with Crippen LogP contribution in [0.1, 0.15) is 20.7 Å². The highest BCUT2D eigenvalue weighted by molar-refractivity contribution is 7.99. The summed E-state index contributed by atoms with van der Waals surface area (Å²) in [5.74, 6) is -0.137. The molecule has 6 heteroatoms. The maximum absolute atomic E-state index is 12.3. The van der Waals surface area contributed by atoms with Crippen molar-refractivity contribution in [2.45, 2.75) is 5.16 Å². The van der Waals surface area contributed by atoms with E-state index in [1.54, 1.807) is 18.2 Å². The first-order valence-electron chi connectivity index (χ1n) is 7.62. The van der Waals surface area contributed by atoms with Crippen LogP contribution in [0.2, 0.25) is 0 Å². The molecule has 0 amide bonds. The van der Waals surface area contributed by atoms with E-state index in [0.29, 0.717) is 10.7 Å². The quantitative estimate of drug-likeness (QED) is 0.386. The van der Waals surface area contributed by atoms with E-state index in [2.05, 4.69) is 10.1 Å². The molecule has 0 aliphatic carbocycles. The molecule has 0 N–H and O–H groups in total. The summed E-state index contributed by atoms with van der Waals surface area (Å²) < 4.78 is 1.20. The molecular formula is C19H15N3O2S. The van der Waals surface area contributed by atoms with Gasteiger partial charge in [-0.25, -0.2) is 4.98 Å². The third-order valence-corrected chi connectivity index (χ3v) is 4.31. The van der Waals surface area contributed by atoms with E-state index in [9.17, 15) is 9.59 Å². The van der Waals surface area contributed by atoms with Crippen LogP contribution in [0.25, 0.3) is 6.08 Å². The molecule has 0 saturated carbocycles. The van der Waals surface area contributed by atoms with Gasteiger partial charge in [0, 0.05) is 11.6 Å². The Hall–Kier alpha value is -2.99. The van der Waals surface area contributed by atoms with E-state index < -0.39 is 0 Å². The number of aromatic nitrogens is 3. The van der Waals surface area contributed by atoms with Crippen molar-refractivity contribution in [2.24, 2.45) is 0 Å². The average Bonchev–Trinajstić information content (AvgIpc) is 3.14. The minimum atomic E-state index is -0.309. The molecule has 0 saturated heterocycles. The third-order valence-electron chi connectivity index (χ3n) is 3.37. The number of ketones is 1. The number of allylic oxidation sites excluding steroid dienone is 1. The monoisotopic (exact) mass is 349 g/mol. The summed E-state index contributed by atoms with van der Waals surface area (Å²) in [5.41, 5.74) is 1.56. The lowest BCUT2D eigenvalue weighted by Crippen LogP contribution is -2.12. The topological polar surface area (TPSA) is 64.8 Å². The van der Waals surface area contributed by atoms with Gasteiger partial charge in [-0.2, -0.15) is 9.78 Å². The number of thioether (sulfide) groups is 1. The van der Waals surface area contributed by atoms with Gasteiger partial charge in [0.1, 0.15) is 6.33 Å². The van der Waals surface area contributed by atoms with Crippen LogP contribution in [0.5, 0.6) is 0 Å². The first-order valence-corrected chi connectivity index (χ1v) is 8.61. The van der Waals surface area contributed by atoms with E-state index in [-0.39, 0.29) is 17.4 Å². The lowest BCUT2D eigenvalue weighted by Gasteiger charge is -2.02. The predicted octanol–water partition coefficient (Wildman–Crippen LogP) is 3.61. The second-order valence-electron chi connectivity index (χ2n) is 5.11. The zero-order valence-electron chi connectivity index (χ0n) is 13.3. The molecule has 124 valence electrons. The molecule has 25 heavy (non-hydrogen) atoms. The maximum Gasteiger partial charge on any atom is 0.273 e. The molecule has 0 unspecified atom stereocenters. The number of Topliss-reactive ketones (excluding diaryl/α,β-unsaturated/α-hetero) is 1. The minimum absolute atomic E-state index is 0.0209. The van der Waals surface area contributed by atoms with Crippen molar-refractivity contribution in [3.05, 3.63) is 84.2 Å². The fourth-order valence-corrected chi connectivity index (χ4v) is 2.93. The van der Waals surface area contributed by atoms with Crippen LogP contribution in [-0.2, 0) is 0 Å². The van der Waals surface area contributed by atoms with Gasteiger partial charge in [0.2, 0.25) is 0 Å². The molecule has 5 nitrogen and oxygen atoms in total. The van der Waals surface area contributed by atoms with Crippen molar-refractivity contribution >= 4 is 29.5 Å². The third kappa shape index (κ3) is 4.51. The summed E-state index contributed by atoms with van der Waals surface area (Å²) >= 11 is 1.19. The molecule has 0 radical (unpaired) electrons. The van der Waals surface area contributed by atoms with Crippen molar-refractivity contribution in [1.82, 2.24) is 14.8 Å². The molecule has 0 bridgehead atoms. The van der Waals surface area contributed by atoms with Gasteiger partial charge < -0.3 is 0 Å². The largest absolute Gasteiger partial charge is 0.293 e. The van der Waals surface area contributed by atoms with Gasteiger partial charge in [0.25, 0.3) is 5.91 Å². The summed E-state index contributed by atoms with van der Waals surface area (Å²) in [6, 6.07) is 18.5. The molecule has 2 aromatic carbocycles. The number of rotatable bonds is 6. The second-order valence-corrected chi connectivity index (χ2v) is 6.06. The van der Waals surface area contributed by atoms with Crippen molar-refractivity contribution in [3.8, 4) is 0 Å². The number of carbonyl (C=O) groups is 2. The Kier molecular flexibility index (Phi) is 5.53. The van der Waals surface area contributed by atoms with E-state index in [1.807, 2.05) is 48.5 Å². The van der Waals surface area contributed by atoms with Crippen LogP contribution >= 0.6 is 11.8 Å². The van der Waals surface area contributed by atoms with Gasteiger partial charge in [0.05, 0.1) is 5.75 Å². The second kappa shape index (κ2) is 8.21. The van der Waals surface area contributed by atoms with E-state index >= 15 is 0 Å². The average molecular weight is 349 g/mol. The molecule has 0 aliphatic rings. The zero-order chi connectivity index (χ0) is 17.5. The summed E-state index contributed by atoms with van der Waals surface area (Å²) in [7, 11) is 0. The molecule has 1 heterocycles. The fraction of sp³-hybridized carbons (Fsp3) is 0.0526. The lowest BCUT2D eigenvalue weighted by molar-refractivity contribution is 0.0942. The van der Waals surface area contributed by atoms with Crippen LogP contribution in [0.4, 0.5) is 0 Å². The molecule has 1 aromatic heterocycles. The van der Waals surface area contributed by atoms with Gasteiger partial charge in [-0.15, -0.1) is 0 Å². The Bertz CT molecular complexity index is 889. The fourth-order valence-electron chi connectivity index (χ4n) is 2.12. The first kappa shape index (κ1) is 16.9. The van der Waals surface area contributed by atoms with Gasteiger partial charge in [-0.3, -0.25) is 9.59 Å². The zero-order valence-corrected chi connectivity index (χ0v) is 14.1. The Morgan fingerprint density at radius 1 is 1.00 bits per heavy atom. The first-order chi connectivity index (χ1) is 12.2. The minimum Gasteiger partial charge on any atom is -0.293 e. The Balaban J connectivity index is 1.65. The van der Waals surface area contributed by atoms with E-state index in [0.717, 1.165) is 5.56 Å². The van der Waals surface area contributed by atoms with Gasteiger partial charge >= 0.3 is 0 Å². The van der Waals surface area contributed by atoms with Gasteiger partial charge in [0.15, 0.2) is 10.9 Å². The molecule has 0 atom stereocenters. The number of hydrogen-bond donors (Lipinski definition) is 0. The van der Waals surface area contributed by atoms with Crippen LogP contribution in [0.15, 0.2) is 78.2 Å². The number of benzene rings is 2. The van der Waals surface area contributed by atoms with Crippen LogP contribution in [-0.4, -0.2) is 32.2 Å². The number of nitrogens with zero attached hydrogens (tertiary/aromatic N) is 3. The maximum atomic E-state index is 12.3. The summed E-state index contributed by atoms with van der Waals surface area (Å²) in [6.07, 6.45) is 4.46. The molecule has 0 spiro atoms. The van der Waals surface area contributed by atoms with Crippen molar-refractivity contribution < 1.29 is 9.59 Å². The molecular weight excluding hydrogens is 334 g/mol. The van der Waals surface area contributed by atoms with E-state index in [4.69, 9.17) is 0 Å². The number of hydrogen-bond acceptors (Lipinski definition) is 5. The Labute approximate surface area is 149 Å². The Morgan fingerprint density at radius 3 is 2.40 bits per heavy atom. The summed E-state index contributed by atoms with van der Waals surface area (Å²) in [5, 5.41) is 4.35. The molecule has 0 fully saturated rings.